The van der Waals surface area contributed by atoms with E-state index in [0.29, 0.717) is 11.0 Å². The van der Waals surface area contributed by atoms with Gasteiger partial charge in [-0.25, -0.2) is 4.39 Å². The summed E-state index contributed by atoms with van der Waals surface area (Å²) in [6.45, 7) is 0. The molecule has 17 heavy (non-hydrogen) atoms. The van der Waals surface area contributed by atoms with Crippen molar-refractivity contribution in [3.05, 3.63) is 35.8 Å². The second-order valence-electron chi connectivity index (χ2n) is 3.76. The topological polar surface area (TPSA) is 39.2 Å². The van der Waals surface area contributed by atoms with Crippen molar-refractivity contribution >= 4 is 11.0 Å². The molecule has 0 amide bonds. The molecule has 0 saturated carbocycles. The monoisotopic (exact) mass is 247 g/mol. The summed E-state index contributed by atoms with van der Waals surface area (Å²) in [6.07, 6.45) is -5.53. The molecule has 0 aliphatic carbocycles. The molecule has 0 aliphatic rings. The van der Waals surface area contributed by atoms with Crippen molar-refractivity contribution in [3.63, 3.8) is 0 Å². The van der Waals surface area contributed by atoms with Gasteiger partial charge in [-0.2, -0.15) is 13.2 Å². The maximum atomic E-state index is 12.9. The highest BCUT2D eigenvalue weighted by atomic mass is 19.4. The number of halogens is 4. The van der Waals surface area contributed by atoms with Crippen LogP contribution in [0.25, 0.3) is 11.0 Å². The molecular formula is C11H9F4NO. The van der Waals surface area contributed by atoms with Gasteiger partial charge in [-0.05, 0) is 24.3 Å². The Morgan fingerprint density at radius 2 is 1.94 bits per heavy atom. The lowest BCUT2D eigenvalue weighted by molar-refractivity contribution is -0.139. The first-order chi connectivity index (χ1) is 7.85. The quantitative estimate of drug-likeness (QED) is 0.824. The van der Waals surface area contributed by atoms with Gasteiger partial charge in [0.1, 0.15) is 17.2 Å². The van der Waals surface area contributed by atoms with Gasteiger partial charge in [0.25, 0.3) is 0 Å². The van der Waals surface area contributed by atoms with Crippen LogP contribution in [0, 0.1) is 5.82 Å². The van der Waals surface area contributed by atoms with Crippen molar-refractivity contribution < 1.29 is 22.0 Å². The van der Waals surface area contributed by atoms with E-state index in [-0.39, 0.29) is 5.76 Å². The Hall–Kier alpha value is -1.56. The van der Waals surface area contributed by atoms with Crippen molar-refractivity contribution in [2.24, 2.45) is 5.73 Å². The molecule has 2 nitrogen and oxygen atoms in total. The number of hydrogen-bond acceptors (Lipinski definition) is 2. The lowest BCUT2D eigenvalue weighted by Gasteiger charge is -2.10. The van der Waals surface area contributed by atoms with Crippen LogP contribution >= 0.6 is 0 Å². The molecule has 1 aromatic carbocycles. The van der Waals surface area contributed by atoms with E-state index in [4.69, 9.17) is 10.2 Å². The number of alkyl halides is 3. The van der Waals surface area contributed by atoms with Crippen LogP contribution in [0.1, 0.15) is 18.2 Å². The van der Waals surface area contributed by atoms with Crippen molar-refractivity contribution in [2.75, 3.05) is 0 Å². The van der Waals surface area contributed by atoms with E-state index in [1.807, 2.05) is 0 Å². The van der Waals surface area contributed by atoms with Crippen molar-refractivity contribution in [2.45, 2.75) is 18.6 Å². The first-order valence-electron chi connectivity index (χ1n) is 4.86. The van der Waals surface area contributed by atoms with Gasteiger partial charge in [-0.3, -0.25) is 0 Å². The van der Waals surface area contributed by atoms with E-state index in [2.05, 4.69) is 0 Å². The Labute approximate surface area is 94.0 Å². The third-order valence-corrected chi connectivity index (χ3v) is 2.31. The standard InChI is InChI=1S/C11H9F4NO/c12-7-1-2-9-6(3-7)4-10(17-9)8(16)5-11(13,14)15/h1-4,8H,5,16H2. The molecule has 1 atom stereocenters. The molecule has 0 aliphatic heterocycles. The molecule has 2 N–H and O–H groups in total. The summed E-state index contributed by atoms with van der Waals surface area (Å²) < 4.78 is 54.4. The van der Waals surface area contributed by atoms with Gasteiger partial charge in [-0.1, -0.05) is 0 Å². The summed E-state index contributed by atoms with van der Waals surface area (Å²) in [7, 11) is 0. The van der Waals surface area contributed by atoms with E-state index in [1.54, 1.807) is 0 Å². The molecular weight excluding hydrogens is 238 g/mol. The van der Waals surface area contributed by atoms with E-state index in [0.717, 1.165) is 0 Å². The summed E-state index contributed by atoms with van der Waals surface area (Å²) in [5.74, 6) is -0.475. The zero-order valence-corrected chi connectivity index (χ0v) is 8.59. The average molecular weight is 247 g/mol. The molecule has 1 unspecified atom stereocenters. The number of benzene rings is 1. The third kappa shape index (κ3) is 2.76. The Balaban J connectivity index is 2.30. The molecule has 0 bridgehead atoms. The van der Waals surface area contributed by atoms with Gasteiger partial charge in [0.2, 0.25) is 0 Å². The average Bonchev–Trinajstić information content (AvgIpc) is 2.57. The summed E-state index contributed by atoms with van der Waals surface area (Å²) in [4.78, 5) is 0. The fourth-order valence-electron chi connectivity index (χ4n) is 1.57. The number of nitrogens with two attached hydrogens (primary N) is 1. The van der Waals surface area contributed by atoms with E-state index in [9.17, 15) is 17.6 Å². The lowest BCUT2D eigenvalue weighted by Crippen LogP contribution is -2.19. The fraction of sp³-hybridized carbons (Fsp3) is 0.273. The van der Waals surface area contributed by atoms with Crippen LogP contribution in [0.5, 0.6) is 0 Å². The minimum atomic E-state index is -4.36. The van der Waals surface area contributed by atoms with Crippen LogP contribution in [0.4, 0.5) is 17.6 Å². The van der Waals surface area contributed by atoms with E-state index in [1.165, 1.54) is 24.3 Å². The van der Waals surface area contributed by atoms with Crippen LogP contribution in [-0.4, -0.2) is 6.18 Å². The number of hydrogen-bond donors (Lipinski definition) is 1. The summed E-state index contributed by atoms with van der Waals surface area (Å²) >= 11 is 0. The normalized spacial score (nSPS) is 14.2. The highest BCUT2D eigenvalue weighted by Gasteiger charge is 2.32. The maximum absolute atomic E-state index is 12.9. The highest BCUT2D eigenvalue weighted by molar-refractivity contribution is 5.77. The number of furan rings is 1. The fourth-order valence-corrected chi connectivity index (χ4v) is 1.57. The van der Waals surface area contributed by atoms with E-state index < -0.39 is 24.5 Å². The lowest BCUT2D eigenvalue weighted by atomic mass is 10.1. The van der Waals surface area contributed by atoms with Crippen LogP contribution in [0.15, 0.2) is 28.7 Å². The highest BCUT2D eigenvalue weighted by Crippen LogP contribution is 2.31. The van der Waals surface area contributed by atoms with Crippen LogP contribution in [0.2, 0.25) is 0 Å². The Bertz CT molecular complexity index is 532. The molecule has 0 spiro atoms. The van der Waals surface area contributed by atoms with Crippen LogP contribution in [0.3, 0.4) is 0 Å². The summed E-state index contributed by atoms with van der Waals surface area (Å²) in [5.41, 5.74) is 5.69. The van der Waals surface area contributed by atoms with Gasteiger partial charge in [0.05, 0.1) is 12.5 Å². The van der Waals surface area contributed by atoms with Crippen molar-refractivity contribution in [3.8, 4) is 0 Å². The predicted molar refractivity (Wildman–Crippen MR) is 53.8 cm³/mol. The van der Waals surface area contributed by atoms with Crippen LogP contribution < -0.4 is 5.73 Å². The maximum Gasteiger partial charge on any atom is 0.391 e. The van der Waals surface area contributed by atoms with Gasteiger partial charge in [-0.15, -0.1) is 0 Å². The van der Waals surface area contributed by atoms with Gasteiger partial charge in [0, 0.05) is 5.39 Å². The minimum Gasteiger partial charge on any atom is -0.459 e. The molecule has 2 aromatic rings. The third-order valence-electron chi connectivity index (χ3n) is 2.31. The molecule has 0 fully saturated rings. The van der Waals surface area contributed by atoms with Crippen molar-refractivity contribution in [1.29, 1.82) is 0 Å². The zero-order valence-electron chi connectivity index (χ0n) is 8.59. The van der Waals surface area contributed by atoms with Gasteiger partial charge >= 0.3 is 6.18 Å². The SMILES string of the molecule is NC(CC(F)(F)F)c1cc2cc(F)ccc2o1. The Morgan fingerprint density at radius 3 is 2.59 bits per heavy atom. The molecule has 2 rings (SSSR count). The Morgan fingerprint density at radius 1 is 1.24 bits per heavy atom. The summed E-state index contributed by atoms with van der Waals surface area (Å²) in [6, 6.07) is 3.77. The molecule has 92 valence electrons. The van der Waals surface area contributed by atoms with Gasteiger partial charge < -0.3 is 10.2 Å². The smallest absolute Gasteiger partial charge is 0.391 e. The molecule has 0 saturated heterocycles. The van der Waals surface area contributed by atoms with E-state index >= 15 is 0 Å². The van der Waals surface area contributed by atoms with Crippen LogP contribution in [-0.2, 0) is 0 Å². The number of fused-ring (bicyclic) bond motifs is 1. The minimum absolute atomic E-state index is 0.00271. The molecule has 6 heteroatoms. The second kappa shape index (κ2) is 4.03. The second-order valence-corrected chi connectivity index (χ2v) is 3.76. The number of rotatable bonds is 2. The largest absolute Gasteiger partial charge is 0.459 e. The zero-order chi connectivity index (χ0) is 12.6. The molecule has 1 aromatic heterocycles. The first kappa shape index (κ1) is 11.9. The van der Waals surface area contributed by atoms with Crippen molar-refractivity contribution in [1.82, 2.24) is 0 Å². The Kier molecular flexibility index (Phi) is 2.82. The molecule has 1 heterocycles. The summed E-state index contributed by atoms with van der Waals surface area (Å²) in [5, 5.41) is 0.401. The predicted octanol–water partition coefficient (Wildman–Crippen LogP) is 3.52. The first-order valence-corrected chi connectivity index (χ1v) is 4.86. The molecule has 0 radical (unpaired) electrons. The van der Waals surface area contributed by atoms with Gasteiger partial charge in [0.15, 0.2) is 0 Å².